The van der Waals surface area contributed by atoms with E-state index in [1.54, 1.807) is 18.3 Å². The number of nitrogens with zero attached hydrogens (tertiary/aromatic N) is 3. The molecular weight excluding hydrogens is 267 g/mol. The molecule has 1 aliphatic rings. The fourth-order valence-electron chi connectivity index (χ4n) is 2.68. The second-order valence-corrected chi connectivity index (χ2v) is 5.57. The summed E-state index contributed by atoms with van der Waals surface area (Å²) < 4.78 is 13.2. The zero-order chi connectivity index (χ0) is 14.7. The molecule has 1 aromatic carbocycles. The SMILES string of the molecule is CC1CCCN(c2ccnc(Nc3cccc(F)c3)n2)C1. The summed E-state index contributed by atoms with van der Waals surface area (Å²) in [5, 5.41) is 3.05. The zero-order valence-corrected chi connectivity index (χ0v) is 12.1. The standard InChI is InChI=1S/C16H19FN4/c1-12-4-3-9-21(11-12)15-7-8-18-16(20-15)19-14-6-2-5-13(17)10-14/h2,5-8,10,12H,3-4,9,11H2,1H3,(H,18,19,20). The van der Waals surface area contributed by atoms with Crippen LogP contribution in [0, 0.1) is 11.7 Å². The molecule has 3 rings (SSSR count). The molecule has 0 saturated carbocycles. The van der Waals surface area contributed by atoms with Gasteiger partial charge in [-0.2, -0.15) is 4.98 Å². The highest BCUT2D eigenvalue weighted by Gasteiger charge is 2.17. The summed E-state index contributed by atoms with van der Waals surface area (Å²) in [6.07, 6.45) is 4.21. The van der Waals surface area contributed by atoms with E-state index in [0.717, 1.165) is 18.9 Å². The second kappa shape index (κ2) is 6.08. The first-order valence-corrected chi connectivity index (χ1v) is 7.31. The molecule has 1 aliphatic heterocycles. The van der Waals surface area contributed by atoms with Crippen LogP contribution in [0.4, 0.5) is 21.8 Å². The number of halogens is 1. The van der Waals surface area contributed by atoms with Crippen molar-refractivity contribution < 1.29 is 4.39 Å². The van der Waals surface area contributed by atoms with Gasteiger partial charge in [0.15, 0.2) is 0 Å². The monoisotopic (exact) mass is 286 g/mol. The molecule has 1 N–H and O–H groups in total. The minimum atomic E-state index is -0.277. The van der Waals surface area contributed by atoms with Crippen molar-refractivity contribution in [2.24, 2.45) is 5.92 Å². The fraction of sp³-hybridized carbons (Fsp3) is 0.375. The van der Waals surface area contributed by atoms with Crippen molar-refractivity contribution in [2.75, 3.05) is 23.3 Å². The van der Waals surface area contributed by atoms with Gasteiger partial charge < -0.3 is 10.2 Å². The van der Waals surface area contributed by atoms with Gasteiger partial charge in [-0.25, -0.2) is 9.37 Å². The lowest BCUT2D eigenvalue weighted by Crippen LogP contribution is -2.34. The Hall–Kier alpha value is -2.17. The van der Waals surface area contributed by atoms with E-state index in [2.05, 4.69) is 27.1 Å². The first-order chi connectivity index (χ1) is 10.2. The van der Waals surface area contributed by atoms with E-state index >= 15 is 0 Å². The van der Waals surface area contributed by atoms with Gasteiger partial charge in [0.1, 0.15) is 11.6 Å². The van der Waals surface area contributed by atoms with Gasteiger partial charge in [-0.15, -0.1) is 0 Å². The Morgan fingerprint density at radius 1 is 1.33 bits per heavy atom. The maximum Gasteiger partial charge on any atom is 0.229 e. The number of aromatic nitrogens is 2. The van der Waals surface area contributed by atoms with E-state index in [-0.39, 0.29) is 5.82 Å². The lowest BCUT2D eigenvalue weighted by Gasteiger charge is -2.31. The molecule has 2 heterocycles. The number of nitrogens with one attached hydrogen (secondary N) is 1. The minimum absolute atomic E-state index is 0.277. The van der Waals surface area contributed by atoms with Crippen LogP contribution < -0.4 is 10.2 Å². The summed E-state index contributed by atoms with van der Waals surface area (Å²) in [4.78, 5) is 11.0. The summed E-state index contributed by atoms with van der Waals surface area (Å²) in [7, 11) is 0. The quantitative estimate of drug-likeness (QED) is 0.936. The van der Waals surface area contributed by atoms with Crippen molar-refractivity contribution in [1.82, 2.24) is 9.97 Å². The predicted molar refractivity (Wildman–Crippen MR) is 82.3 cm³/mol. The molecule has 4 nitrogen and oxygen atoms in total. The van der Waals surface area contributed by atoms with Gasteiger partial charge in [0.2, 0.25) is 5.95 Å². The Kier molecular flexibility index (Phi) is 3.99. The number of benzene rings is 1. The van der Waals surface area contributed by atoms with Gasteiger partial charge >= 0.3 is 0 Å². The summed E-state index contributed by atoms with van der Waals surface area (Å²) in [6.45, 7) is 4.32. The van der Waals surface area contributed by atoms with Gasteiger partial charge in [0.05, 0.1) is 0 Å². The average Bonchev–Trinajstić information content (AvgIpc) is 2.47. The molecule has 1 atom stereocenters. The Morgan fingerprint density at radius 3 is 3.05 bits per heavy atom. The molecule has 2 aromatic rings. The molecular formula is C16H19FN4. The van der Waals surface area contributed by atoms with Crippen LogP contribution in [-0.4, -0.2) is 23.1 Å². The van der Waals surface area contributed by atoms with E-state index in [0.29, 0.717) is 17.6 Å². The van der Waals surface area contributed by atoms with E-state index in [9.17, 15) is 4.39 Å². The number of anilines is 3. The number of hydrogen-bond donors (Lipinski definition) is 1. The van der Waals surface area contributed by atoms with E-state index in [4.69, 9.17) is 0 Å². The first kappa shape index (κ1) is 13.8. The highest BCUT2D eigenvalue weighted by molar-refractivity contribution is 5.55. The van der Waals surface area contributed by atoms with Crippen molar-refractivity contribution in [3.63, 3.8) is 0 Å². The molecule has 110 valence electrons. The largest absolute Gasteiger partial charge is 0.356 e. The minimum Gasteiger partial charge on any atom is -0.356 e. The maximum absolute atomic E-state index is 13.2. The third-order valence-electron chi connectivity index (χ3n) is 3.70. The van der Waals surface area contributed by atoms with Gasteiger partial charge in [-0.1, -0.05) is 13.0 Å². The van der Waals surface area contributed by atoms with Gasteiger partial charge in [0, 0.05) is 25.0 Å². The van der Waals surface area contributed by atoms with Crippen LogP contribution in [0.2, 0.25) is 0 Å². The Labute approximate surface area is 124 Å². The van der Waals surface area contributed by atoms with Gasteiger partial charge in [0.25, 0.3) is 0 Å². The molecule has 5 heteroatoms. The number of piperidine rings is 1. The summed E-state index contributed by atoms with van der Waals surface area (Å²) >= 11 is 0. The Bertz CT molecular complexity index is 617. The summed E-state index contributed by atoms with van der Waals surface area (Å²) in [6, 6.07) is 8.22. The van der Waals surface area contributed by atoms with Crippen LogP contribution in [0.3, 0.4) is 0 Å². The Morgan fingerprint density at radius 2 is 2.24 bits per heavy atom. The molecule has 1 unspecified atom stereocenters. The van der Waals surface area contributed by atoms with Crippen LogP contribution in [0.1, 0.15) is 19.8 Å². The van der Waals surface area contributed by atoms with Gasteiger partial charge in [-0.3, -0.25) is 0 Å². The summed E-state index contributed by atoms with van der Waals surface area (Å²) in [5.41, 5.74) is 0.652. The van der Waals surface area contributed by atoms with Crippen LogP contribution in [0.15, 0.2) is 36.5 Å². The van der Waals surface area contributed by atoms with E-state index in [1.165, 1.54) is 25.0 Å². The molecule has 0 bridgehead atoms. The van der Waals surface area contributed by atoms with Crippen LogP contribution in [0.5, 0.6) is 0 Å². The lowest BCUT2D eigenvalue weighted by atomic mass is 10.0. The predicted octanol–water partition coefficient (Wildman–Crippen LogP) is 3.60. The third kappa shape index (κ3) is 3.48. The highest BCUT2D eigenvalue weighted by atomic mass is 19.1. The molecule has 0 aliphatic carbocycles. The van der Waals surface area contributed by atoms with E-state index in [1.807, 2.05) is 6.07 Å². The molecule has 1 saturated heterocycles. The molecule has 1 fully saturated rings. The number of hydrogen-bond acceptors (Lipinski definition) is 4. The molecule has 21 heavy (non-hydrogen) atoms. The average molecular weight is 286 g/mol. The zero-order valence-electron chi connectivity index (χ0n) is 12.1. The van der Waals surface area contributed by atoms with Crippen LogP contribution in [0.25, 0.3) is 0 Å². The first-order valence-electron chi connectivity index (χ1n) is 7.31. The van der Waals surface area contributed by atoms with Crippen molar-refractivity contribution in [1.29, 1.82) is 0 Å². The van der Waals surface area contributed by atoms with Crippen molar-refractivity contribution >= 4 is 17.5 Å². The van der Waals surface area contributed by atoms with Crippen LogP contribution >= 0.6 is 0 Å². The number of rotatable bonds is 3. The normalized spacial score (nSPS) is 18.6. The Balaban J connectivity index is 1.76. The smallest absolute Gasteiger partial charge is 0.229 e. The lowest BCUT2D eigenvalue weighted by molar-refractivity contribution is 0.444. The maximum atomic E-state index is 13.2. The van der Waals surface area contributed by atoms with Crippen molar-refractivity contribution in [3.8, 4) is 0 Å². The molecule has 0 amide bonds. The molecule has 1 aromatic heterocycles. The van der Waals surface area contributed by atoms with Crippen molar-refractivity contribution in [3.05, 3.63) is 42.3 Å². The van der Waals surface area contributed by atoms with E-state index < -0.39 is 0 Å². The second-order valence-electron chi connectivity index (χ2n) is 5.57. The third-order valence-corrected chi connectivity index (χ3v) is 3.70. The van der Waals surface area contributed by atoms with Crippen molar-refractivity contribution in [2.45, 2.75) is 19.8 Å². The highest BCUT2D eigenvalue weighted by Crippen LogP contribution is 2.22. The summed E-state index contributed by atoms with van der Waals surface area (Å²) in [5.74, 6) is 1.83. The topological polar surface area (TPSA) is 41.1 Å². The molecule has 0 radical (unpaired) electrons. The fourth-order valence-corrected chi connectivity index (χ4v) is 2.68. The van der Waals surface area contributed by atoms with Gasteiger partial charge in [-0.05, 0) is 43.0 Å². The van der Waals surface area contributed by atoms with Crippen LogP contribution in [-0.2, 0) is 0 Å². The molecule has 0 spiro atoms.